The number of nitrogens with one attached hydrogen (secondary N) is 1. The summed E-state index contributed by atoms with van der Waals surface area (Å²) in [6, 6.07) is 7.48. The Labute approximate surface area is 146 Å². The molecule has 1 N–H and O–H groups in total. The third-order valence-electron chi connectivity index (χ3n) is 3.17. The van der Waals surface area contributed by atoms with E-state index in [4.69, 9.17) is 16.3 Å². The van der Waals surface area contributed by atoms with Gasteiger partial charge in [0, 0.05) is 11.1 Å². The minimum atomic E-state index is -0.889. The lowest BCUT2D eigenvalue weighted by Gasteiger charge is -2.08. The average Bonchev–Trinajstić information content (AvgIpc) is 2.56. The summed E-state index contributed by atoms with van der Waals surface area (Å²) in [5.74, 6) is -2.25. The predicted octanol–water partition coefficient (Wildman–Crippen LogP) is 3.49. The summed E-state index contributed by atoms with van der Waals surface area (Å²) in [6.45, 7) is 0.852. The number of ether oxygens (including phenoxy) is 1. The van der Waals surface area contributed by atoms with Crippen LogP contribution >= 0.6 is 11.6 Å². The number of anilines is 1. The number of nitro benzene ring substituents is 1. The van der Waals surface area contributed by atoms with Gasteiger partial charge >= 0.3 is 5.97 Å². The number of halogens is 2. The summed E-state index contributed by atoms with van der Waals surface area (Å²) in [6.07, 6.45) is 0. The molecule has 0 fully saturated rings. The topological polar surface area (TPSA) is 98.5 Å². The van der Waals surface area contributed by atoms with Crippen molar-refractivity contribution in [3.05, 3.63) is 68.5 Å². The number of amides is 1. The molecule has 0 saturated heterocycles. The molecule has 2 aromatic carbocycles. The highest BCUT2D eigenvalue weighted by atomic mass is 35.5. The molecule has 25 heavy (non-hydrogen) atoms. The van der Waals surface area contributed by atoms with Gasteiger partial charge < -0.3 is 10.1 Å². The van der Waals surface area contributed by atoms with E-state index < -0.39 is 34.9 Å². The number of benzene rings is 2. The van der Waals surface area contributed by atoms with Crippen LogP contribution in [0.25, 0.3) is 0 Å². The molecule has 0 aliphatic carbocycles. The van der Waals surface area contributed by atoms with Crippen molar-refractivity contribution < 1.29 is 23.6 Å². The molecule has 7 nitrogen and oxygen atoms in total. The monoisotopic (exact) mass is 366 g/mol. The Bertz CT molecular complexity index is 856. The minimum Gasteiger partial charge on any atom is -0.452 e. The van der Waals surface area contributed by atoms with Crippen LogP contribution < -0.4 is 5.32 Å². The van der Waals surface area contributed by atoms with Crippen LogP contribution in [0.1, 0.15) is 15.9 Å². The second-order valence-electron chi connectivity index (χ2n) is 5.01. The fourth-order valence-corrected chi connectivity index (χ4v) is 2.05. The summed E-state index contributed by atoms with van der Waals surface area (Å²) in [5.41, 5.74) is -0.165. The first-order valence-corrected chi connectivity index (χ1v) is 7.33. The number of hydrogen-bond acceptors (Lipinski definition) is 5. The molecule has 1 amide bonds. The minimum absolute atomic E-state index is 0.0478. The van der Waals surface area contributed by atoms with Gasteiger partial charge in [-0.1, -0.05) is 17.7 Å². The molecule has 9 heteroatoms. The first kappa shape index (κ1) is 18.3. The van der Waals surface area contributed by atoms with Crippen LogP contribution in [0.15, 0.2) is 36.4 Å². The van der Waals surface area contributed by atoms with Gasteiger partial charge in [-0.15, -0.1) is 0 Å². The van der Waals surface area contributed by atoms with E-state index in [1.165, 1.54) is 31.2 Å². The Morgan fingerprint density at radius 3 is 2.64 bits per heavy atom. The van der Waals surface area contributed by atoms with E-state index in [1.807, 2.05) is 0 Å². The number of aryl methyl sites for hydroxylation is 1. The molecule has 0 aromatic heterocycles. The normalized spacial score (nSPS) is 10.2. The standard InChI is InChI=1S/C16H12ClFN2O5/c1-9-2-3-10(6-12(9)18)16(22)25-8-15(21)19-13-5-4-11(17)7-14(13)20(23)24/h2-7H,8H2,1H3,(H,19,21). The second kappa shape index (κ2) is 7.71. The number of carbonyl (C=O) groups excluding carboxylic acids is 2. The summed E-state index contributed by atoms with van der Waals surface area (Å²) >= 11 is 5.67. The number of nitro groups is 1. The lowest BCUT2D eigenvalue weighted by Crippen LogP contribution is -2.21. The molecule has 0 radical (unpaired) electrons. The number of esters is 1. The van der Waals surface area contributed by atoms with Crippen LogP contribution in [0.5, 0.6) is 0 Å². The Balaban J connectivity index is 2.00. The zero-order valence-corrected chi connectivity index (χ0v) is 13.7. The molecule has 130 valence electrons. The van der Waals surface area contributed by atoms with Crippen LogP contribution in [0.2, 0.25) is 5.02 Å². The first-order chi connectivity index (χ1) is 11.8. The van der Waals surface area contributed by atoms with Crippen molar-refractivity contribution in [2.24, 2.45) is 0 Å². The smallest absolute Gasteiger partial charge is 0.338 e. The van der Waals surface area contributed by atoms with Crippen LogP contribution in [-0.4, -0.2) is 23.4 Å². The fraction of sp³-hybridized carbons (Fsp3) is 0.125. The van der Waals surface area contributed by atoms with Crippen molar-refractivity contribution in [1.82, 2.24) is 0 Å². The lowest BCUT2D eigenvalue weighted by molar-refractivity contribution is -0.383. The molecule has 0 spiro atoms. The van der Waals surface area contributed by atoms with Crippen molar-refractivity contribution in [3.8, 4) is 0 Å². The summed E-state index contributed by atoms with van der Waals surface area (Å²) in [5, 5.41) is 13.3. The lowest BCUT2D eigenvalue weighted by atomic mass is 10.1. The molecule has 2 aromatic rings. The average molecular weight is 367 g/mol. The Morgan fingerprint density at radius 1 is 1.28 bits per heavy atom. The van der Waals surface area contributed by atoms with E-state index in [0.29, 0.717) is 5.56 Å². The maximum atomic E-state index is 13.4. The maximum absolute atomic E-state index is 13.4. The van der Waals surface area contributed by atoms with Crippen LogP contribution in [-0.2, 0) is 9.53 Å². The van der Waals surface area contributed by atoms with Crippen LogP contribution in [0.3, 0.4) is 0 Å². The fourth-order valence-electron chi connectivity index (χ4n) is 1.88. The van der Waals surface area contributed by atoms with E-state index in [9.17, 15) is 24.1 Å². The maximum Gasteiger partial charge on any atom is 0.338 e. The van der Waals surface area contributed by atoms with Crippen LogP contribution in [0.4, 0.5) is 15.8 Å². The van der Waals surface area contributed by atoms with Gasteiger partial charge in [0.05, 0.1) is 10.5 Å². The van der Waals surface area contributed by atoms with Crippen molar-refractivity contribution in [2.45, 2.75) is 6.92 Å². The molecule has 0 bridgehead atoms. The molecular formula is C16H12ClFN2O5. The van der Waals surface area contributed by atoms with E-state index in [2.05, 4.69) is 5.32 Å². The summed E-state index contributed by atoms with van der Waals surface area (Å²) < 4.78 is 18.2. The van der Waals surface area contributed by atoms with E-state index >= 15 is 0 Å². The highest BCUT2D eigenvalue weighted by molar-refractivity contribution is 6.31. The molecule has 0 atom stereocenters. The van der Waals surface area contributed by atoms with Gasteiger partial charge in [-0.25, -0.2) is 9.18 Å². The Hall–Kier alpha value is -3.00. The van der Waals surface area contributed by atoms with E-state index in [-0.39, 0.29) is 16.3 Å². The zero-order valence-electron chi connectivity index (χ0n) is 12.9. The number of carbonyl (C=O) groups is 2. The SMILES string of the molecule is Cc1ccc(C(=O)OCC(=O)Nc2ccc(Cl)cc2[N+](=O)[O-])cc1F. The van der Waals surface area contributed by atoms with Gasteiger partial charge in [0.2, 0.25) is 0 Å². The predicted molar refractivity (Wildman–Crippen MR) is 88.2 cm³/mol. The second-order valence-corrected chi connectivity index (χ2v) is 5.44. The third-order valence-corrected chi connectivity index (χ3v) is 3.41. The van der Waals surface area contributed by atoms with Crippen molar-refractivity contribution >= 4 is 34.9 Å². The van der Waals surface area contributed by atoms with Crippen LogP contribution in [0, 0.1) is 22.9 Å². The quantitative estimate of drug-likeness (QED) is 0.496. The van der Waals surface area contributed by atoms with Crippen molar-refractivity contribution in [1.29, 1.82) is 0 Å². The number of nitrogens with zero attached hydrogens (tertiary/aromatic N) is 1. The molecule has 0 saturated carbocycles. The highest BCUT2D eigenvalue weighted by Gasteiger charge is 2.18. The Morgan fingerprint density at radius 2 is 2.00 bits per heavy atom. The van der Waals surface area contributed by atoms with Gasteiger partial charge in [0.1, 0.15) is 11.5 Å². The molecule has 0 unspecified atom stereocenters. The van der Waals surface area contributed by atoms with Gasteiger partial charge in [0.25, 0.3) is 11.6 Å². The summed E-state index contributed by atoms with van der Waals surface area (Å²) in [4.78, 5) is 33.8. The molecule has 0 aliphatic heterocycles. The zero-order chi connectivity index (χ0) is 18.6. The molecule has 2 rings (SSSR count). The Kier molecular flexibility index (Phi) is 5.66. The van der Waals surface area contributed by atoms with Crippen molar-refractivity contribution in [2.75, 3.05) is 11.9 Å². The van der Waals surface area contributed by atoms with Gasteiger partial charge in [-0.2, -0.15) is 0 Å². The number of hydrogen-bond donors (Lipinski definition) is 1. The largest absolute Gasteiger partial charge is 0.452 e. The van der Waals surface area contributed by atoms with Gasteiger partial charge in [0.15, 0.2) is 6.61 Å². The number of rotatable bonds is 5. The highest BCUT2D eigenvalue weighted by Crippen LogP contribution is 2.27. The summed E-state index contributed by atoms with van der Waals surface area (Å²) in [7, 11) is 0. The van der Waals surface area contributed by atoms with Gasteiger partial charge in [-0.3, -0.25) is 14.9 Å². The third kappa shape index (κ3) is 4.74. The molecular weight excluding hydrogens is 355 g/mol. The molecule has 0 heterocycles. The van der Waals surface area contributed by atoms with Crippen molar-refractivity contribution in [3.63, 3.8) is 0 Å². The van der Waals surface area contributed by atoms with E-state index in [1.54, 1.807) is 0 Å². The first-order valence-electron chi connectivity index (χ1n) is 6.95. The van der Waals surface area contributed by atoms with E-state index in [0.717, 1.165) is 12.1 Å². The van der Waals surface area contributed by atoms with Gasteiger partial charge in [-0.05, 0) is 36.8 Å². The molecule has 0 aliphatic rings.